The summed E-state index contributed by atoms with van der Waals surface area (Å²) in [5, 5.41) is 16.3. The Morgan fingerprint density at radius 1 is 0.775 bits per heavy atom. The number of carbonyl (C=O) groups is 3. The van der Waals surface area contributed by atoms with Gasteiger partial charge in [0, 0.05) is 25.0 Å². The molecule has 2 unspecified atom stereocenters. The predicted molar refractivity (Wildman–Crippen MR) is 148 cm³/mol. The molecule has 0 aliphatic rings. The van der Waals surface area contributed by atoms with E-state index in [0.29, 0.717) is 5.56 Å². The molecule has 0 spiro atoms. The zero-order chi connectivity index (χ0) is 29.1. The van der Waals surface area contributed by atoms with Crippen molar-refractivity contribution in [2.24, 2.45) is 0 Å². The normalized spacial score (nSPS) is 12.5. The highest BCUT2D eigenvalue weighted by molar-refractivity contribution is 5.90. The highest BCUT2D eigenvalue weighted by atomic mass is 16.6. The van der Waals surface area contributed by atoms with Gasteiger partial charge >= 0.3 is 12.1 Å². The lowest BCUT2D eigenvalue weighted by molar-refractivity contribution is -0.384. The monoisotopic (exact) mass is 547 g/mol. The number of carbonyl (C=O) groups excluding carboxylic acids is 3. The topological polar surface area (TPSA) is 137 Å². The van der Waals surface area contributed by atoms with Crippen LogP contribution in [-0.2, 0) is 38.5 Å². The Morgan fingerprint density at radius 3 is 1.80 bits per heavy atom. The number of esters is 1. The van der Waals surface area contributed by atoms with Crippen LogP contribution in [0.1, 0.15) is 37.5 Å². The van der Waals surface area contributed by atoms with E-state index in [9.17, 15) is 24.5 Å². The van der Waals surface area contributed by atoms with Crippen molar-refractivity contribution in [2.75, 3.05) is 0 Å². The number of ether oxygens (including phenoxy) is 2. The third-order valence-electron chi connectivity index (χ3n) is 5.70. The summed E-state index contributed by atoms with van der Waals surface area (Å²) >= 11 is 0. The van der Waals surface area contributed by atoms with E-state index in [1.165, 1.54) is 24.3 Å². The Balaban J connectivity index is 1.77. The Bertz CT molecular complexity index is 1290. The smallest absolute Gasteiger partial charge is 0.408 e. The third-order valence-corrected chi connectivity index (χ3v) is 5.70. The molecule has 3 aromatic carbocycles. The van der Waals surface area contributed by atoms with Crippen LogP contribution in [0.3, 0.4) is 0 Å². The number of nitro benzene ring substituents is 1. The molecule has 2 atom stereocenters. The SMILES string of the molecule is CC(C)(C)OC(=O)NC(Cc1ccccc1)C(=O)NC(Cc1ccccc1)C(=O)OCc1ccc([N+](=O)[O-])cc1. The van der Waals surface area contributed by atoms with Gasteiger partial charge in [-0.15, -0.1) is 0 Å². The minimum absolute atomic E-state index is 0.0776. The van der Waals surface area contributed by atoms with Gasteiger partial charge in [-0.25, -0.2) is 9.59 Å². The van der Waals surface area contributed by atoms with E-state index < -0.39 is 40.6 Å². The molecule has 10 nitrogen and oxygen atoms in total. The van der Waals surface area contributed by atoms with E-state index >= 15 is 0 Å². The number of nitro groups is 1. The maximum atomic E-state index is 13.5. The van der Waals surface area contributed by atoms with Gasteiger partial charge in [0.25, 0.3) is 5.69 Å². The van der Waals surface area contributed by atoms with Crippen molar-refractivity contribution in [1.29, 1.82) is 0 Å². The van der Waals surface area contributed by atoms with Gasteiger partial charge in [-0.1, -0.05) is 60.7 Å². The maximum Gasteiger partial charge on any atom is 0.408 e. The van der Waals surface area contributed by atoms with Crippen LogP contribution in [0.25, 0.3) is 0 Å². The first-order chi connectivity index (χ1) is 19.0. The van der Waals surface area contributed by atoms with Gasteiger partial charge in [0.1, 0.15) is 24.3 Å². The fraction of sp³-hybridized carbons (Fsp3) is 0.300. The average Bonchev–Trinajstić information content (AvgIpc) is 2.91. The van der Waals surface area contributed by atoms with E-state index in [-0.39, 0.29) is 25.1 Å². The van der Waals surface area contributed by atoms with Crippen molar-refractivity contribution in [2.45, 2.75) is 57.9 Å². The Labute approximate surface area is 232 Å². The highest BCUT2D eigenvalue weighted by Crippen LogP contribution is 2.14. The average molecular weight is 548 g/mol. The molecule has 10 heteroatoms. The van der Waals surface area contributed by atoms with Crippen LogP contribution in [0.4, 0.5) is 10.5 Å². The van der Waals surface area contributed by atoms with Gasteiger partial charge < -0.3 is 20.1 Å². The van der Waals surface area contributed by atoms with E-state index in [2.05, 4.69) is 10.6 Å². The van der Waals surface area contributed by atoms with E-state index in [1.807, 2.05) is 60.7 Å². The zero-order valence-corrected chi connectivity index (χ0v) is 22.7. The molecular formula is C30H33N3O7. The van der Waals surface area contributed by atoms with Crippen LogP contribution in [-0.4, -0.2) is 40.6 Å². The molecule has 0 aromatic heterocycles. The second kappa shape index (κ2) is 13.9. The predicted octanol–water partition coefficient (Wildman–Crippen LogP) is 4.50. The second-order valence-corrected chi connectivity index (χ2v) is 10.2. The second-order valence-electron chi connectivity index (χ2n) is 10.2. The number of alkyl carbamates (subject to hydrolysis) is 1. The summed E-state index contributed by atoms with van der Waals surface area (Å²) in [5.74, 6) is -1.27. The maximum absolute atomic E-state index is 13.5. The Hall–Kier alpha value is -4.73. The van der Waals surface area contributed by atoms with Crippen molar-refractivity contribution in [3.8, 4) is 0 Å². The summed E-state index contributed by atoms with van der Waals surface area (Å²) < 4.78 is 10.8. The van der Waals surface area contributed by atoms with Crippen LogP contribution < -0.4 is 10.6 Å². The molecule has 0 aliphatic heterocycles. The standard InChI is InChI=1S/C30H33N3O7/c1-30(2,3)40-29(36)32-25(18-21-10-6-4-7-11-21)27(34)31-26(19-22-12-8-5-9-13-22)28(35)39-20-23-14-16-24(17-15-23)33(37)38/h4-17,25-26H,18-20H2,1-3H3,(H,31,34)(H,32,36). The van der Waals surface area contributed by atoms with Gasteiger partial charge in [-0.2, -0.15) is 0 Å². The summed E-state index contributed by atoms with van der Waals surface area (Å²) in [6, 6.07) is 21.8. The number of nitrogens with one attached hydrogen (secondary N) is 2. The molecule has 2 amide bonds. The summed E-state index contributed by atoms with van der Waals surface area (Å²) in [7, 11) is 0. The van der Waals surface area contributed by atoms with Crippen LogP contribution in [0.15, 0.2) is 84.9 Å². The first-order valence-electron chi connectivity index (χ1n) is 12.8. The molecule has 0 aliphatic carbocycles. The number of hydrogen-bond donors (Lipinski definition) is 2. The largest absolute Gasteiger partial charge is 0.459 e. The fourth-order valence-corrected chi connectivity index (χ4v) is 3.79. The van der Waals surface area contributed by atoms with Crippen molar-refractivity contribution < 1.29 is 28.8 Å². The quantitative estimate of drug-likeness (QED) is 0.205. The number of benzene rings is 3. The molecule has 0 saturated heterocycles. The lowest BCUT2D eigenvalue weighted by atomic mass is 10.0. The van der Waals surface area contributed by atoms with E-state index in [4.69, 9.17) is 9.47 Å². The zero-order valence-electron chi connectivity index (χ0n) is 22.7. The summed E-state index contributed by atoms with van der Waals surface area (Å²) in [5.41, 5.74) is 1.30. The minimum atomic E-state index is -1.06. The van der Waals surface area contributed by atoms with Crippen molar-refractivity contribution in [1.82, 2.24) is 10.6 Å². The summed E-state index contributed by atoms with van der Waals surface area (Å²) in [6.07, 6.45) is -0.443. The number of non-ortho nitro benzene ring substituents is 1. The van der Waals surface area contributed by atoms with Crippen LogP contribution in [0.5, 0.6) is 0 Å². The third kappa shape index (κ3) is 9.86. The van der Waals surface area contributed by atoms with Gasteiger partial charge in [-0.3, -0.25) is 14.9 Å². The molecule has 0 bridgehead atoms. The summed E-state index contributed by atoms with van der Waals surface area (Å²) in [4.78, 5) is 49.6. The Morgan fingerprint density at radius 2 is 1.30 bits per heavy atom. The van der Waals surface area contributed by atoms with Crippen LogP contribution in [0.2, 0.25) is 0 Å². The summed E-state index contributed by atoms with van der Waals surface area (Å²) in [6.45, 7) is 5.02. The molecule has 2 N–H and O–H groups in total. The molecule has 3 aromatic rings. The molecule has 0 radical (unpaired) electrons. The lowest BCUT2D eigenvalue weighted by Gasteiger charge is -2.25. The van der Waals surface area contributed by atoms with E-state index in [1.54, 1.807) is 20.8 Å². The molecule has 210 valence electrons. The molecule has 0 saturated carbocycles. The number of hydrogen-bond acceptors (Lipinski definition) is 7. The highest BCUT2D eigenvalue weighted by Gasteiger charge is 2.29. The van der Waals surface area contributed by atoms with Crippen LogP contribution >= 0.6 is 0 Å². The number of rotatable bonds is 11. The molecule has 40 heavy (non-hydrogen) atoms. The van der Waals surface area contributed by atoms with Gasteiger partial charge in [0.15, 0.2) is 0 Å². The lowest BCUT2D eigenvalue weighted by Crippen LogP contribution is -2.54. The molecule has 0 heterocycles. The Kier molecular flexibility index (Phi) is 10.4. The van der Waals surface area contributed by atoms with Crippen molar-refractivity contribution >= 4 is 23.7 Å². The van der Waals surface area contributed by atoms with Gasteiger partial charge in [-0.05, 0) is 49.6 Å². The number of amides is 2. The minimum Gasteiger partial charge on any atom is -0.459 e. The molecule has 0 fully saturated rings. The van der Waals surface area contributed by atoms with E-state index in [0.717, 1.165) is 11.1 Å². The molecule has 3 rings (SSSR count). The van der Waals surface area contributed by atoms with Crippen LogP contribution in [0, 0.1) is 10.1 Å². The number of nitrogens with zero attached hydrogens (tertiary/aromatic N) is 1. The molecular weight excluding hydrogens is 514 g/mol. The van der Waals surface area contributed by atoms with Gasteiger partial charge in [0.05, 0.1) is 4.92 Å². The first-order valence-corrected chi connectivity index (χ1v) is 12.8. The van der Waals surface area contributed by atoms with Crippen molar-refractivity contribution in [3.05, 3.63) is 112 Å². The first kappa shape index (κ1) is 29.8. The fourth-order valence-electron chi connectivity index (χ4n) is 3.79. The van der Waals surface area contributed by atoms with Crippen molar-refractivity contribution in [3.63, 3.8) is 0 Å². The van der Waals surface area contributed by atoms with Gasteiger partial charge in [0.2, 0.25) is 5.91 Å².